The lowest BCUT2D eigenvalue weighted by molar-refractivity contribution is -0.384. The van der Waals surface area contributed by atoms with Crippen molar-refractivity contribution in [3.8, 4) is 6.07 Å². The first-order valence-corrected chi connectivity index (χ1v) is 8.30. The first kappa shape index (κ1) is 15.6. The van der Waals surface area contributed by atoms with Crippen molar-refractivity contribution in [2.24, 2.45) is 0 Å². The molecule has 0 spiro atoms. The lowest BCUT2D eigenvalue weighted by atomic mass is 9.88. The average molecular weight is 305 g/mol. The average Bonchev–Trinajstić information content (AvgIpc) is 2.53. The molecular formula is C15H19N3O2S. The van der Waals surface area contributed by atoms with Gasteiger partial charge in [-0.1, -0.05) is 19.3 Å². The van der Waals surface area contributed by atoms with Gasteiger partial charge in [0, 0.05) is 17.4 Å². The normalized spacial score (nSPS) is 17.0. The molecule has 0 saturated heterocycles. The highest BCUT2D eigenvalue weighted by molar-refractivity contribution is 8.00. The molecule has 1 aromatic rings. The monoisotopic (exact) mass is 305 g/mol. The molecular weight excluding hydrogens is 286 g/mol. The van der Waals surface area contributed by atoms with Gasteiger partial charge >= 0.3 is 0 Å². The van der Waals surface area contributed by atoms with Crippen LogP contribution in [0, 0.1) is 21.4 Å². The summed E-state index contributed by atoms with van der Waals surface area (Å²) in [5.41, 5.74) is 0.781. The fraction of sp³-hybridized carbons (Fsp3) is 0.533. The molecule has 1 fully saturated rings. The second kappa shape index (κ2) is 6.81. The van der Waals surface area contributed by atoms with E-state index < -0.39 is 4.92 Å². The van der Waals surface area contributed by atoms with Crippen molar-refractivity contribution in [1.82, 2.24) is 0 Å². The third kappa shape index (κ3) is 3.67. The predicted molar refractivity (Wildman–Crippen MR) is 85.6 cm³/mol. The van der Waals surface area contributed by atoms with Crippen LogP contribution < -0.4 is 5.32 Å². The number of benzene rings is 1. The molecule has 1 aromatic carbocycles. The fourth-order valence-electron chi connectivity index (χ4n) is 2.81. The van der Waals surface area contributed by atoms with Gasteiger partial charge in [-0.25, -0.2) is 0 Å². The van der Waals surface area contributed by atoms with Crippen LogP contribution in [0.4, 0.5) is 11.4 Å². The van der Waals surface area contributed by atoms with E-state index in [1.807, 2.05) is 17.8 Å². The number of nitrogens with one attached hydrogen (secondary N) is 1. The molecule has 0 bridgehead atoms. The van der Waals surface area contributed by atoms with E-state index in [9.17, 15) is 10.1 Å². The zero-order valence-electron chi connectivity index (χ0n) is 12.1. The van der Waals surface area contributed by atoms with Crippen LogP contribution in [0.2, 0.25) is 0 Å². The Kier molecular flexibility index (Phi) is 5.07. The van der Waals surface area contributed by atoms with Crippen LogP contribution in [-0.2, 0) is 0 Å². The zero-order chi connectivity index (χ0) is 15.3. The Balaban J connectivity index is 2.15. The maximum atomic E-state index is 11.1. The van der Waals surface area contributed by atoms with Crippen molar-refractivity contribution in [2.45, 2.75) is 36.9 Å². The maximum absolute atomic E-state index is 11.1. The summed E-state index contributed by atoms with van der Waals surface area (Å²) in [6, 6.07) is 6.51. The van der Waals surface area contributed by atoms with Crippen LogP contribution in [0.15, 0.2) is 18.2 Å². The Labute approximate surface area is 128 Å². The van der Waals surface area contributed by atoms with Gasteiger partial charge in [0.05, 0.1) is 16.6 Å². The van der Waals surface area contributed by atoms with Gasteiger partial charge in [0.1, 0.15) is 5.69 Å². The fourth-order valence-corrected chi connectivity index (χ4v) is 3.72. The second-order valence-corrected chi connectivity index (χ2v) is 6.68. The van der Waals surface area contributed by atoms with Crippen LogP contribution in [0.1, 0.15) is 37.7 Å². The minimum atomic E-state index is -0.435. The molecule has 0 aliphatic heterocycles. The van der Waals surface area contributed by atoms with Crippen LogP contribution >= 0.6 is 11.8 Å². The van der Waals surface area contributed by atoms with E-state index in [0.717, 1.165) is 19.4 Å². The summed E-state index contributed by atoms with van der Waals surface area (Å²) in [5.74, 6) is 0. The predicted octanol–water partition coefficient (Wildman–Crippen LogP) is 3.94. The highest BCUT2D eigenvalue weighted by Crippen LogP contribution is 2.39. The Bertz CT molecular complexity index is 563. The van der Waals surface area contributed by atoms with Crippen LogP contribution in [0.25, 0.3) is 0 Å². The largest absolute Gasteiger partial charge is 0.378 e. The van der Waals surface area contributed by atoms with Crippen molar-refractivity contribution < 1.29 is 4.92 Å². The van der Waals surface area contributed by atoms with E-state index in [0.29, 0.717) is 11.3 Å². The summed E-state index contributed by atoms with van der Waals surface area (Å²) in [6.45, 7) is 0.723. The molecule has 1 aliphatic rings. The molecule has 0 unspecified atom stereocenters. The summed E-state index contributed by atoms with van der Waals surface area (Å²) in [7, 11) is 0. The van der Waals surface area contributed by atoms with E-state index in [1.54, 1.807) is 12.1 Å². The first-order chi connectivity index (χ1) is 10.1. The third-order valence-electron chi connectivity index (χ3n) is 4.12. The molecule has 0 atom stereocenters. The standard InChI is InChI=1S/C15H19N3O2S/c1-21-15(7-3-2-4-8-15)11-17-13-6-5-12(10-16)9-14(13)18(19)20/h5-6,9,17H,2-4,7-8,11H2,1H3. The molecule has 0 aromatic heterocycles. The zero-order valence-corrected chi connectivity index (χ0v) is 12.9. The molecule has 0 radical (unpaired) electrons. The second-order valence-electron chi connectivity index (χ2n) is 5.40. The molecule has 1 saturated carbocycles. The summed E-state index contributed by atoms with van der Waals surface area (Å²) < 4.78 is 0.167. The number of rotatable bonds is 5. The van der Waals surface area contributed by atoms with E-state index in [-0.39, 0.29) is 10.4 Å². The van der Waals surface area contributed by atoms with Gasteiger partial charge in [-0.3, -0.25) is 10.1 Å². The molecule has 6 heteroatoms. The summed E-state index contributed by atoms with van der Waals surface area (Å²) >= 11 is 1.85. The van der Waals surface area contributed by atoms with E-state index in [4.69, 9.17) is 5.26 Å². The number of nitro groups is 1. The van der Waals surface area contributed by atoms with E-state index in [1.165, 1.54) is 25.3 Å². The first-order valence-electron chi connectivity index (χ1n) is 7.08. The number of nitriles is 1. The molecule has 1 aliphatic carbocycles. The highest BCUT2D eigenvalue weighted by Gasteiger charge is 2.31. The number of thioether (sulfide) groups is 1. The van der Waals surface area contributed by atoms with Crippen LogP contribution in [0.3, 0.4) is 0 Å². The number of nitro benzene ring substituents is 1. The molecule has 112 valence electrons. The van der Waals surface area contributed by atoms with Gasteiger partial charge in [-0.05, 0) is 31.2 Å². The van der Waals surface area contributed by atoms with Crippen molar-refractivity contribution in [3.63, 3.8) is 0 Å². The molecule has 21 heavy (non-hydrogen) atoms. The van der Waals surface area contributed by atoms with Gasteiger partial charge < -0.3 is 5.32 Å². The number of anilines is 1. The van der Waals surface area contributed by atoms with Gasteiger partial charge in [0.2, 0.25) is 0 Å². The Morgan fingerprint density at radius 2 is 2.14 bits per heavy atom. The smallest absolute Gasteiger partial charge is 0.293 e. The number of hydrogen-bond acceptors (Lipinski definition) is 5. The molecule has 0 amide bonds. The quantitative estimate of drug-likeness (QED) is 0.658. The van der Waals surface area contributed by atoms with E-state index in [2.05, 4.69) is 11.6 Å². The lowest BCUT2D eigenvalue weighted by Crippen LogP contribution is -2.35. The van der Waals surface area contributed by atoms with E-state index >= 15 is 0 Å². The Morgan fingerprint density at radius 3 is 2.71 bits per heavy atom. The van der Waals surface area contributed by atoms with Gasteiger partial charge in [-0.15, -0.1) is 0 Å². The number of hydrogen-bond donors (Lipinski definition) is 1. The van der Waals surface area contributed by atoms with Crippen molar-refractivity contribution in [1.29, 1.82) is 5.26 Å². The molecule has 5 nitrogen and oxygen atoms in total. The highest BCUT2D eigenvalue weighted by atomic mass is 32.2. The van der Waals surface area contributed by atoms with Crippen molar-refractivity contribution >= 4 is 23.1 Å². The minimum Gasteiger partial charge on any atom is -0.378 e. The summed E-state index contributed by atoms with van der Waals surface area (Å²) in [4.78, 5) is 10.7. The SMILES string of the molecule is CSC1(CNc2ccc(C#N)cc2[N+](=O)[O-])CCCCC1. The molecule has 1 N–H and O–H groups in total. The third-order valence-corrected chi connectivity index (χ3v) is 5.54. The van der Waals surface area contributed by atoms with Crippen molar-refractivity contribution in [3.05, 3.63) is 33.9 Å². The number of nitrogens with zero attached hydrogens (tertiary/aromatic N) is 2. The summed E-state index contributed by atoms with van der Waals surface area (Å²) in [5, 5.41) is 23.2. The Hall–Kier alpha value is -1.74. The minimum absolute atomic E-state index is 0.0267. The maximum Gasteiger partial charge on any atom is 0.293 e. The topological polar surface area (TPSA) is 79.0 Å². The summed E-state index contributed by atoms with van der Waals surface area (Å²) in [6.07, 6.45) is 8.12. The van der Waals surface area contributed by atoms with Gasteiger partial charge in [0.15, 0.2) is 0 Å². The van der Waals surface area contributed by atoms with Gasteiger partial charge in [-0.2, -0.15) is 17.0 Å². The molecule has 2 rings (SSSR count). The van der Waals surface area contributed by atoms with Crippen LogP contribution in [-0.4, -0.2) is 22.5 Å². The Morgan fingerprint density at radius 1 is 1.43 bits per heavy atom. The van der Waals surface area contributed by atoms with Crippen molar-refractivity contribution in [2.75, 3.05) is 18.1 Å². The molecule has 0 heterocycles. The van der Waals surface area contributed by atoms with Crippen LogP contribution in [0.5, 0.6) is 0 Å². The van der Waals surface area contributed by atoms with Gasteiger partial charge in [0.25, 0.3) is 5.69 Å². The lowest BCUT2D eigenvalue weighted by Gasteiger charge is -2.36.